The number of hydrogen-bond acceptors (Lipinski definition) is 4. The Kier molecular flexibility index (Phi) is 4.13. The van der Waals surface area contributed by atoms with E-state index in [4.69, 9.17) is 15.0 Å². The zero-order chi connectivity index (χ0) is 10.6. The Morgan fingerprint density at radius 2 is 2.29 bits per heavy atom. The second-order valence-electron chi connectivity index (χ2n) is 3.57. The van der Waals surface area contributed by atoms with Crippen LogP contribution in [0.3, 0.4) is 0 Å². The molecule has 0 radical (unpaired) electrons. The van der Waals surface area contributed by atoms with Crippen molar-refractivity contribution in [3.63, 3.8) is 0 Å². The van der Waals surface area contributed by atoms with Crippen LogP contribution >= 0.6 is 0 Å². The fourth-order valence-electron chi connectivity index (χ4n) is 1.23. The monoisotopic (exact) mass is 198 g/mol. The fraction of sp³-hybridized carbons (Fsp3) is 0.600. The highest BCUT2D eigenvalue weighted by atomic mass is 16.5. The summed E-state index contributed by atoms with van der Waals surface area (Å²) in [7, 11) is 0. The van der Waals surface area contributed by atoms with Crippen molar-refractivity contribution in [2.24, 2.45) is 5.84 Å². The lowest BCUT2D eigenvalue weighted by Gasteiger charge is -2.16. The van der Waals surface area contributed by atoms with Gasteiger partial charge in [-0.15, -0.1) is 0 Å². The maximum absolute atomic E-state index is 5.47. The Morgan fingerprint density at radius 1 is 1.57 bits per heavy atom. The fourth-order valence-corrected chi connectivity index (χ4v) is 1.23. The molecule has 80 valence electrons. The van der Waals surface area contributed by atoms with Crippen LogP contribution in [0, 0.1) is 6.92 Å². The van der Waals surface area contributed by atoms with Crippen molar-refractivity contribution in [1.29, 1.82) is 0 Å². The maximum Gasteiger partial charge on any atom is 0.127 e. The van der Waals surface area contributed by atoms with Crippen molar-refractivity contribution in [1.82, 2.24) is 5.43 Å². The normalized spacial score (nSPS) is 13.5. The minimum Gasteiger partial charge on any atom is -0.467 e. The van der Waals surface area contributed by atoms with Crippen LogP contribution in [0.1, 0.15) is 31.2 Å². The third kappa shape index (κ3) is 2.83. The molecule has 0 aliphatic carbocycles. The number of ether oxygens (including phenoxy) is 1. The Bertz CT molecular complexity index is 271. The largest absolute Gasteiger partial charge is 0.467 e. The van der Waals surface area contributed by atoms with Gasteiger partial charge < -0.3 is 9.15 Å². The van der Waals surface area contributed by atoms with Gasteiger partial charge >= 0.3 is 0 Å². The van der Waals surface area contributed by atoms with E-state index < -0.39 is 0 Å². The number of rotatable bonds is 5. The van der Waals surface area contributed by atoms with Gasteiger partial charge in [-0.3, -0.25) is 5.84 Å². The smallest absolute Gasteiger partial charge is 0.127 e. The summed E-state index contributed by atoms with van der Waals surface area (Å²) in [5.74, 6) is 6.27. The molecule has 0 aliphatic heterocycles. The topological polar surface area (TPSA) is 60.4 Å². The highest BCUT2D eigenvalue weighted by Crippen LogP contribution is 2.18. The van der Waals surface area contributed by atoms with Crippen LogP contribution in [0.4, 0.5) is 0 Å². The number of nitrogens with one attached hydrogen (secondary N) is 1. The number of hydrazine groups is 1. The Labute approximate surface area is 84.4 Å². The van der Waals surface area contributed by atoms with Gasteiger partial charge in [0.2, 0.25) is 0 Å². The Morgan fingerprint density at radius 3 is 2.71 bits per heavy atom. The van der Waals surface area contributed by atoms with Crippen LogP contribution in [0.15, 0.2) is 16.7 Å². The van der Waals surface area contributed by atoms with Crippen molar-refractivity contribution in [2.45, 2.75) is 32.9 Å². The van der Waals surface area contributed by atoms with E-state index in [0.717, 1.165) is 11.3 Å². The molecule has 4 nitrogen and oxygen atoms in total. The average molecular weight is 198 g/mol. The van der Waals surface area contributed by atoms with E-state index in [0.29, 0.717) is 6.61 Å². The van der Waals surface area contributed by atoms with E-state index >= 15 is 0 Å². The minimum absolute atomic E-state index is 0.0765. The summed E-state index contributed by atoms with van der Waals surface area (Å²) in [5.41, 5.74) is 3.77. The van der Waals surface area contributed by atoms with Gasteiger partial charge in [-0.2, -0.15) is 0 Å². The molecule has 0 spiro atoms. The minimum atomic E-state index is -0.0765. The zero-order valence-electron chi connectivity index (χ0n) is 8.91. The highest BCUT2D eigenvalue weighted by Gasteiger charge is 2.16. The molecule has 1 rings (SSSR count). The van der Waals surface area contributed by atoms with Gasteiger partial charge in [-0.25, -0.2) is 5.43 Å². The van der Waals surface area contributed by atoms with Gasteiger partial charge in [-0.1, -0.05) is 0 Å². The molecule has 14 heavy (non-hydrogen) atoms. The molecule has 1 aromatic heterocycles. The van der Waals surface area contributed by atoms with E-state index in [9.17, 15) is 0 Å². The van der Waals surface area contributed by atoms with Gasteiger partial charge in [0.25, 0.3) is 0 Å². The van der Waals surface area contributed by atoms with Crippen LogP contribution in [0.25, 0.3) is 0 Å². The number of nitrogens with two attached hydrogens (primary N) is 1. The van der Waals surface area contributed by atoms with E-state index in [1.807, 2.05) is 26.8 Å². The molecule has 1 heterocycles. The summed E-state index contributed by atoms with van der Waals surface area (Å²) in [6, 6.07) is 1.84. The molecular formula is C10H18N2O2. The number of aryl methyl sites for hydroxylation is 1. The molecule has 0 fully saturated rings. The summed E-state index contributed by atoms with van der Waals surface area (Å²) in [6.07, 6.45) is 1.85. The molecule has 4 heteroatoms. The molecule has 0 bridgehead atoms. The van der Waals surface area contributed by atoms with Crippen LogP contribution in [-0.4, -0.2) is 12.7 Å². The first-order chi connectivity index (χ1) is 6.65. The average Bonchev–Trinajstić information content (AvgIpc) is 2.53. The van der Waals surface area contributed by atoms with E-state index in [-0.39, 0.29) is 12.1 Å². The molecule has 1 unspecified atom stereocenters. The van der Waals surface area contributed by atoms with Gasteiger partial charge in [-0.05, 0) is 32.4 Å². The lowest BCUT2D eigenvalue weighted by molar-refractivity contribution is 0.0566. The van der Waals surface area contributed by atoms with Gasteiger partial charge in [0.1, 0.15) is 11.8 Å². The number of furan rings is 1. The van der Waals surface area contributed by atoms with E-state index in [1.165, 1.54) is 0 Å². The highest BCUT2D eigenvalue weighted by molar-refractivity contribution is 5.18. The summed E-state index contributed by atoms with van der Waals surface area (Å²) in [6.45, 7) is 6.48. The van der Waals surface area contributed by atoms with E-state index in [1.54, 1.807) is 6.26 Å². The van der Waals surface area contributed by atoms with Crippen LogP contribution < -0.4 is 11.3 Å². The molecule has 0 aromatic carbocycles. The van der Waals surface area contributed by atoms with Gasteiger partial charge in [0, 0.05) is 0 Å². The van der Waals surface area contributed by atoms with Crippen LogP contribution in [0.5, 0.6) is 0 Å². The van der Waals surface area contributed by atoms with Crippen molar-refractivity contribution in [2.75, 3.05) is 6.61 Å². The predicted molar refractivity (Wildman–Crippen MR) is 54.6 cm³/mol. The molecule has 0 saturated heterocycles. The quantitative estimate of drug-likeness (QED) is 0.556. The Hall–Kier alpha value is -0.840. The first kappa shape index (κ1) is 11.2. The van der Waals surface area contributed by atoms with Gasteiger partial charge in [0.15, 0.2) is 0 Å². The third-order valence-corrected chi connectivity index (χ3v) is 2.02. The predicted octanol–water partition coefficient (Wildman–Crippen LogP) is 1.52. The second kappa shape index (κ2) is 5.14. The lowest BCUT2D eigenvalue weighted by atomic mass is 10.2. The lowest BCUT2D eigenvalue weighted by Crippen LogP contribution is -2.32. The van der Waals surface area contributed by atoms with Crippen LogP contribution in [-0.2, 0) is 4.74 Å². The van der Waals surface area contributed by atoms with Crippen molar-refractivity contribution < 1.29 is 9.15 Å². The zero-order valence-corrected chi connectivity index (χ0v) is 8.91. The number of hydrogen-bond donors (Lipinski definition) is 2. The Balaban J connectivity index is 2.58. The first-order valence-corrected chi connectivity index (χ1v) is 4.77. The summed E-state index contributed by atoms with van der Waals surface area (Å²) in [4.78, 5) is 0. The summed E-state index contributed by atoms with van der Waals surface area (Å²) in [5, 5.41) is 0. The van der Waals surface area contributed by atoms with Crippen molar-refractivity contribution in [3.8, 4) is 0 Å². The summed E-state index contributed by atoms with van der Waals surface area (Å²) >= 11 is 0. The second-order valence-corrected chi connectivity index (χ2v) is 3.57. The van der Waals surface area contributed by atoms with Gasteiger partial charge in [0.05, 0.1) is 19.0 Å². The van der Waals surface area contributed by atoms with Crippen molar-refractivity contribution >= 4 is 0 Å². The standard InChI is InChI=1S/C10H18N2O2/c1-7(2)14-6-9(12-11)10-8(3)4-5-13-10/h4-5,7,9,12H,6,11H2,1-3H3. The molecule has 1 aromatic rings. The molecule has 3 N–H and O–H groups in total. The molecule has 0 amide bonds. The molecule has 0 saturated carbocycles. The maximum atomic E-state index is 5.47. The summed E-state index contributed by atoms with van der Waals surface area (Å²) < 4.78 is 10.8. The van der Waals surface area contributed by atoms with Crippen molar-refractivity contribution in [3.05, 3.63) is 23.7 Å². The molecule has 1 atom stereocenters. The SMILES string of the molecule is Cc1ccoc1C(COC(C)C)NN. The molecule has 0 aliphatic rings. The van der Waals surface area contributed by atoms with E-state index in [2.05, 4.69) is 5.43 Å². The first-order valence-electron chi connectivity index (χ1n) is 4.77. The third-order valence-electron chi connectivity index (χ3n) is 2.02. The molecular weight excluding hydrogens is 180 g/mol. The van der Waals surface area contributed by atoms with Crippen LogP contribution in [0.2, 0.25) is 0 Å².